The number of hydrogen-bond acceptors (Lipinski definition) is 2. The summed E-state index contributed by atoms with van der Waals surface area (Å²) in [5, 5.41) is 3.36. The monoisotopic (exact) mass is 168 g/mol. The number of carbonyl (C=O) groups is 1. The fraction of sp³-hybridized carbons (Fsp3) is 0.889. The summed E-state index contributed by atoms with van der Waals surface area (Å²) in [6.45, 7) is 5.04. The highest BCUT2D eigenvalue weighted by Gasteiger charge is 2.36. The van der Waals surface area contributed by atoms with E-state index in [1.165, 1.54) is 6.42 Å². The Morgan fingerprint density at radius 1 is 1.58 bits per heavy atom. The Kier molecular flexibility index (Phi) is 2.05. The minimum Gasteiger partial charge on any atom is -0.338 e. The summed E-state index contributed by atoms with van der Waals surface area (Å²) in [6.07, 6.45) is 1.88. The van der Waals surface area contributed by atoms with E-state index >= 15 is 0 Å². The number of fused-ring (bicyclic) bond motifs is 2. The molecule has 0 aliphatic carbocycles. The molecular weight excluding hydrogens is 152 g/mol. The predicted octanol–water partition coefficient (Wildman–Crippen LogP) is 0.217. The zero-order valence-corrected chi connectivity index (χ0v) is 7.55. The second kappa shape index (κ2) is 3.05. The van der Waals surface area contributed by atoms with Crippen LogP contribution in [0.15, 0.2) is 0 Å². The Labute approximate surface area is 73.1 Å². The van der Waals surface area contributed by atoms with Crippen molar-refractivity contribution in [1.82, 2.24) is 10.2 Å². The molecule has 0 radical (unpaired) electrons. The van der Waals surface area contributed by atoms with Crippen molar-refractivity contribution in [2.24, 2.45) is 5.92 Å². The molecule has 0 saturated carbocycles. The molecule has 2 fully saturated rings. The third-order valence-corrected chi connectivity index (χ3v) is 2.94. The molecule has 3 nitrogen and oxygen atoms in total. The maximum absolute atomic E-state index is 11.5. The summed E-state index contributed by atoms with van der Waals surface area (Å²) in [6, 6.07) is 0.496. The first-order chi connectivity index (χ1) is 5.81. The van der Waals surface area contributed by atoms with Gasteiger partial charge in [0.15, 0.2) is 0 Å². The Bertz CT molecular complexity index is 193. The van der Waals surface area contributed by atoms with Gasteiger partial charge in [0, 0.05) is 25.6 Å². The van der Waals surface area contributed by atoms with Gasteiger partial charge in [-0.15, -0.1) is 0 Å². The van der Waals surface area contributed by atoms with E-state index in [9.17, 15) is 4.79 Å². The highest BCUT2D eigenvalue weighted by atomic mass is 16.2. The number of likely N-dealkylation sites (tertiary alicyclic amines) is 1. The third kappa shape index (κ3) is 1.22. The third-order valence-electron chi connectivity index (χ3n) is 2.94. The Morgan fingerprint density at radius 2 is 2.42 bits per heavy atom. The molecule has 68 valence electrons. The maximum atomic E-state index is 11.5. The predicted molar refractivity (Wildman–Crippen MR) is 46.8 cm³/mol. The SMILES string of the molecule is CCC(=O)N1C[C@@H]2CNCC1C2. The van der Waals surface area contributed by atoms with Gasteiger partial charge in [-0.2, -0.15) is 0 Å². The van der Waals surface area contributed by atoms with Crippen molar-refractivity contribution in [3.63, 3.8) is 0 Å². The van der Waals surface area contributed by atoms with Crippen molar-refractivity contribution in [2.45, 2.75) is 25.8 Å². The van der Waals surface area contributed by atoms with Gasteiger partial charge in [0.1, 0.15) is 0 Å². The molecule has 2 aliphatic rings. The molecule has 2 rings (SSSR count). The zero-order valence-electron chi connectivity index (χ0n) is 7.55. The summed E-state index contributed by atoms with van der Waals surface area (Å²) in [5.74, 6) is 1.05. The topological polar surface area (TPSA) is 32.3 Å². The van der Waals surface area contributed by atoms with Crippen molar-refractivity contribution in [1.29, 1.82) is 0 Å². The number of nitrogens with zero attached hydrogens (tertiary/aromatic N) is 1. The van der Waals surface area contributed by atoms with E-state index in [1.54, 1.807) is 0 Å². The molecule has 3 heteroatoms. The summed E-state index contributed by atoms with van der Waals surface area (Å²) < 4.78 is 0. The van der Waals surface area contributed by atoms with Gasteiger partial charge in [0.05, 0.1) is 0 Å². The van der Waals surface area contributed by atoms with Crippen LogP contribution in [0.25, 0.3) is 0 Å². The van der Waals surface area contributed by atoms with E-state index in [1.807, 2.05) is 6.92 Å². The molecule has 2 aliphatic heterocycles. The highest BCUT2D eigenvalue weighted by Crippen LogP contribution is 2.25. The van der Waals surface area contributed by atoms with Gasteiger partial charge < -0.3 is 10.2 Å². The van der Waals surface area contributed by atoms with Crippen molar-refractivity contribution in [3.05, 3.63) is 0 Å². The molecule has 0 aromatic rings. The van der Waals surface area contributed by atoms with Crippen LogP contribution >= 0.6 is 0 Å². The van der Waals surface area contributed by atoms with E-state index in [0.29, 0.717) is 18.4 Å². The first kappa shape index (κ1) is 8.05. The molecule has 1 N–H and O–H groups in total. The van der Waals surface area contributed by atoms with Gasteiger partial charge in [0.2, 0.25) is 5.91 Å². The smallest absolute Gasteiger partial charge is 0.222 e. The molecular formula is C9H16N2O. The van der Waals surface area contributed by atoms with Crippen LogP contribution in [0.5, 0.6) is 0 Å². The normalized spacial score (nSPS) is 33.9. The molecule has 0 spiro atoms. The van der Waals surface area contributed by atoms with Gasteiger partial charge in [0.25, 0.3) is 0 Å². The maximum Gasteiger partial charge on any atom is 0.222 e. The lowest BCUT2D eigenvalue weighted by Crippen LogP contribution is -2.41. The second-order valence-electron chi connectivity index (χ2n) is 3.81. The first-order valence-electron chi connectivity index (χ1n) is 4.81. The van der Waals surface area contributed by atoms with E-state index in [2.05, 4.69) is 10.2 Å². The van der Waals surface area contributed by atoms with Gasteiger partial charge in [-0.3, -0.25) is 4.79 Å². The largest absolute Gasteiger partial charge is 0.338 e. The summed E-state index contributed by atoms with van der Waals surface area (Å²) in [5.41, 5.74) is 0. The van der Waals surface area contributed by atoms with E-state index in [-0.39, 0.29) is 0 Å². The van der Waals surface area contributed by atoms with Crippen LogP contribution < -0.4 is 5.32 Å². The molecule has 2 saturated heterocycles. The number of amides is 1. The lowest BCUT2D eigenvalue weighted by Gasteiger charge is -2.24. The average Bonchev–Trinajstić information content (AvgIpc) is 2.40. The van der Waals surface area contributed by atoms with E-state index in [4.69, 9.17) is 0 Å². The number of piperidine rings is 1. The number of nitrogens with one attached hydrogen (secondary N) is 1. The molecule has 12 heavy (non-hydrogen) atoms. The molecule has 0 aromatic heterocycles. The minimum absolute atomic E-state index is 0.325. The van der Waals surface area contributed by atoms with Crippen molar-refractivity contribution in [2.75, 3.05) is 19.6 Å². The molecule has 1 unspecified atom stereocenters. The van der Waals surface area contributed by atoms with Crippen molar-refractivity contribution < 1.29 is 4.79 Å². The van der Waals surface area contributed by atoms with Crippen LogP contribution in [0.1, 0.15) is 19.8 Å². The summed E-state index contributed by atoms with van der Waals surface area (Å²) in [7, 11) is 0. The minimum atomic E-state index is 0.325. The first-order valence-corrected chi connectivity index (χ1v) is 4.81. The summed E-state index contributed by atoms with van der Waals surface area (Å²) >= 11 is 0. The van der Waals surface area contributed by atoms with Gasteiger partial charge in [-0.25, -0.2) is 0 Å². The quantitative estimate of drug-likeness (QED) is 0.607. The molecule has 0 aromatic carbocycles. The fourth-order valence-electron chi connectivity index (χ4n) is 2.32. The number of carbonyl (C=O) groups excluding carboxylic acids is 1. The van der Waals surface area contributed by atoms with Crippen LogP contribution in [0, 0.1) is 5.92 Å². The Morgan fingerprint density at radius 3 is 3.08 bits per heavy atom. The Balaban J connectivity index is 2.04. The van der Waals surface area contributed by atoms with E-state index < -0.39 is 0 Å². The molecule has 2 bridgehead atoms. The standard InChI is InChI=1S/C9H16N2O/c1-2-9(12)11-6-7-3-8(11)5-10-4-7/h7-8,10H,2-6H2,1H3/t7-,8?/m0/s1. The van der Waals surface area contributed by atoms with Crippen LogP contribution in [-0.2, 0) is 4.79 Å². The lowest BCUT2D eigenvalue weighted by atomic mass is 10.0. The van der Waals surface area contributed by atoms with Gasteiger partial charge >= 0.3 is 0 Å². The Hall–Kier alpha value is -0.570. The molecule has 1 amide bonds. The van der Waals surface area contributed by atoms with Crippen molar-refractivity contribution >= 4 is 5.91 Å². The van der Waals surface area contributed by atoms with Gasteiger partial charge in [-0.05, 0) is 18.9 Å². The van der Waals surface area contributed by atoms with Crippen molar-refractivity contribution in [3.8, 4) is 0 Å². The number of hydrogen-bond donors (Lipinski definition) is 1. The number of rotatable bonds is 1. The molecule has 2 heterocycles. The van der Waals surface area contributed by atoms with E-state index in [0.717, 1.165) is 25.6 Å². The van der Waals surface area contributed by atoms with Crippen LogP contribution in [0.2, 0.25) is 0 Å². The highest BCUT2D eigenvalue weighted by molar-refractivity contribution is 5.76. The zero-order chi connectivity index (χ0) is 8.55. The van der Waals surface area contributed by atoms with Crippen LogP contribution in [0.4, 0.5) is 0 Å². The van der Waals surface area contributed by atoms with Gasteiger partial charge in [-0.1, -0.05) is 6.92 Å². The second-order valence-corrected chi connectivity index (χ2v) is 3.81. The average molecular weight is 168 g/mol. The summed E-state index contributed by atoms with van der Waals surface area (Å²) in [4.78, 5) is 13.5. The lowest BCUT2D eigenvalue weighted by molar-refractivity contribution is -0.131. The molecule has 2 atom stereocenters. The van der Waals surface area contributed by atoms with Crippen LogP contribution in [-0.4, -0.2) is 36.5 Å². The van der Waals surface area contributed by atoms with Crippen LogP contribution in [0.3, 0.4) is 0 Å². The fourth-order valence-corrected chi connectivity index (χ4v) is 2.32.